The fourth-order valence-electron chi connectivity index (χ4n) is 3.74. The maximum atomic E-state index is 11.9. The molecule has 2 amide bonds. The fourth-order valence-corrected chi connectivity index (χ4v) is 3.74. The zero-order valence-electron chi connectivity index (χ0n) is 17.6. The SMILES string of the molecule is O=C(CN1CCCCC1)NN=Cc1ccc(C=NNC(=O)CN2CCCCC2)cc1. The number of carbonyl (C=O) groups is 2. The number of piperidine rings is 2. The molecule has 2 heterocycles. The molecule has 30 heavy (non-hydrogen) atoms. The van der Waals surface area contributed by atoms with Gasteiger partial charge in [-0.05, 0) is 63.0 Å². The van der Waals surface area contributed by atoms with Crippen LogP contribution in [0.3, 0.4) is 0 Å². The van der Waals surface area contributed by atoms with E-state index in [2.05, 4.69) is 30.9 Å². The molecule has 0 aliphatic carbocycles. The van der Waals surface area contributed by atoms with Crippen molar-refractivity contribution < 1.29 is 9.59 Å². The van der Waals surface area contributed by atoms with E-state index < -0.39 is 0 Å². The predicted molar refractivity (Wildman–Crippen MR) is 118 cm³/mol. The van der Waals surface area contributed by atoms with E-state index in [4.69, 9.17) is 0 Å². The summed E-state index contributed by atoms with van der Waals surface area (Å²) in [5, 5.41) is 8.06. The van der Waals surface area contributed by atoms with Gasteiger partial charge in [0.2, 0.25) is 0 Å². The third-order valence-electron chi connectivity index (χ3n) is 5.37. The lowest BCUT2D eigenvalue weighted by atomic mass is 10.1. The van der Waals surface area contributed by atoms with Gasteiger partial charge < -0.3 is 0 Å². The van der Waals surface area contributed by atoms with Crippen LogP contribution >= 0.6 is 0 Å². The van der Waals surface area contributed by atoms with Crippen LogP contribution in [0.4, 0.5) is 0 Å². The Morgan fingerprint density at radius 1 is 0.700 bits per heavy atom. The van der Waals surface area contributed by atoms with E-state index in [0.717, 1.165) is 63.0 Å². The monoisotopic (exact) mass is 412 g/mol. The molecule has 8 nitrogen and oxygen atoms in total. The Bertz CT molecular complexity index is 671. The summed E-state index contributed by atoms with van der Waals surface area (Å²) >= 11 is 0. The molecule has 0 radical (unpaired) electrons. The van der Waals surface area contributed by atoms with Gasteiger partial charge in [-0.3, -0.25) is 19.4 Å². The standard InChI is InChI=1S/C22H32N6O2/c29-21(17-27-11-3-1-4-12-27)25-23-15-19-7-9-20(10-8-19)16-24-26-22(30)18-28-13-5-2-6-14-28/h7-10,15-16H,1-6,11-14,17-18H2,(H,25,29)(H,26,30). The second-order valence-corrected chi connectivity index (χ2v) is 7.93. The molecule has 1 aromatic rings. The Morgan fingerprint density at radius 2 is 1.07 bits per heavy atom. The van der Waals surface area contributed by atoms with Gasteiger partial charge >= 0.3 is 0 Å². The Hall–Kier alpha value is -2.58. The average Bonchev–Trinajstić information content (AvgIpc) is 2.76. The van der Waals surface area contributed by atoms with E-state index in [1.165, 1.54) is 12.8 Å². The van der Waals surface area contributed by atoms with Crippen LogP contribution in [0.25, 0.3) is 0 Å². The van der Waals surface area contributed by atoms with Crippen LogP contribution in [0.5, 0.6) is 0 Å². The van der Waals surface area contributed by atoms with E-state index in [9.17, 15) is 9.59 Å². The number of benzene rings is 1. The van der Waals surface area contributed by atoms with E-state index in [1.807, 2.05) is 24.3 Å². The molecule has 1 aromatic carbocycles. The Balaban J connectivity index is 1.36. The molecule has 2 N–H and O–H groups in total. The van der Waals surface area contributed by atoms with Crippen LogP contribution < -0.4 is 10.9 Å². The van der Waals surface area contributed by atoms with Crippen LogP contribution in [-0.2, 0) is 9.59 Å². The van der Waals surface area contributed by atoms with Crippen molar-refractivity contribution in [2.75, 3.05) is 39.3 Å². The van der Waals surface area contributed by atoms with Gasteiger partial charge in [0.05, 0.1) is 25.5 Å². The van der Waals surface area contributed by atoms with Gasteiger partial charge in [0, 0.05) is 0 Å². The maximum absolute atomic E-state index is 11.9. The number of nitrogens with one attached hydrogen (secondary N) is 2. The number of hydrogen-bond donors (Lipinski definition) is 2. The predicted octanol–water partition coefficient (Wildman–Crippen LogP) is 1.56. The van der Waals surface area contributed by atoms with Crippen molar-refractivity contribution in [3.05, 3.63) is 35.4 Å². The number of carbonyl (C=O) groups excluding carboxylic acids is 2. The normalized spacial score (nSPS) is 18.7. The number of hydrogen-bond acceptors (Lipinski definition) is 6. The highest BCUT2D eigenvalue weighted by Gasteiger charge is 2.14. The number of hydrazone groups is 2. The summed E-state index contributed by atoms with van der Waals surface area (Å²) in [4.78, 5) is 28.2. The summed E-state index contributed by atoms with van der Waals surface area (Å²) in [5.41, 5.74) is 6.92. The number of rotatable bonds is 8. The van der Waals surface area contributed by atoms with Crippen molar-refractivity contribution in [2.45, 2.75) is 38.5 Å². The molecule has 0 bridgehead atoms. The highest BCUT2D eigenvalue weighted by atomic mass is 16.2. The summed E-state index contributed by atoms with van der Waals surface area (Å²) < 4.78 is 0. The molecule has 0 aromatic heterocycles. The van der Waals surface area contributed by atoms with Crippen LogP contribution in [0, 0.1) is 0 Å². The fraction of sp³-hybridized carbons (Fsp3) is 0.545. The Morgan fingerprint density at radius 3 is 1.43 bits per heavy atom. The first kappa shape index (κ1) is 22.1. The van der Waals surface area contributed by atoms with Gasteiger partial charge in [0.1, 0.15) is 0 Å². The summed E-state index contributed by atoms with van der Waals surface area (Å²) in [6.45, 7) is 4.74. The minimum absolute atomic E-state index is 0.0859. The molecule has 8 heteroatoms. The second kappa shape index (κ2) is 12.2. The Kier molecular flexibility index (Phi) is 8.99. The maximum Gasteiger partial charge on any atom is 0.254 e. The molecule has 2 aliphatic heterocycles. The number of likely N-dealkylation sites (tertiary alicyclic amines) is 2. The third-order valence-corrected chi connectivity index (χ3v) is 5.37. The molecule has 0 saturated carbocycles. The van der Waals surface area contributed by atoms with Crippen LogP contribution in [0.15, 0.2) is 34.5 Å². The lowest BCUT2D eigenvalue weighted by Gasteiger charge is -2.25. The molecule has 2 aliphatic rings. The Labute approximate surface area is 178 Å². The largest absolute Gasteiger partial charge is 0.294 e. The van der Waals surface area contributed by atoms with Gasteiger partial charge in [-0.25, -0.2) is 10.9 Å². The smallest absolute Gasteiger partial charge is 0.254 e. The van der Waals surface area contributed by atoms with E-state index >= 15 is 0 Å². The molecular weight excluding hydrogens is 380 g/mol. The molecule has 3 rings (SSSR count). The first-order valence-corrected chi connectivity index (χ1v) is 10.9. The van der Waals surface area contributed by atoms with E-state index in [1.54, 1.807) is 12.4 Å². The third kappa shape index (κ3) is 8.04. The first-order valence-electron chi connectivity index (χ1n) is 10.9. The van der Waals surface area contributed by atoms with Crippen molar-refractivity contribution in [3.63, 3.8) is 0 Å². The molecule has 0 unspecified atom stereocenters. The summed E-state index contributed by atoms with van der Waals surface area (Å²) in [7, 11) is 0. The first-order chi connectivity index (χ1) is 14.7. The van der Waals surface area contributed by atoms with E-state index in [0.29, 0.717) is 13.1 Å². The van der Waals surface area contributed by atoms with Crippen LogP contribution in [-0.4, -0.2) is 73.3 Å². The molecule has 0 atom stereocenters. The van der Waals surface area contributed by atoms with E-state index in [-0.39, 0.29) is 11.8 Å². The van der Waals surface area contributed by atoms with Crippen molar-refractivity contribution in [2.24, 2.45) is 10.2 Å². The topological polar surface area (TPSA) is 89.4 Å². The molecule has 2 saturated heterocycles. The second-order valence-electron chi connectivity index (χ2n) is 7.93. The lowest BCUT2D eigenvalue weighted by Crippen LogP contribution is -2.38. The average molecular weight is 413 g/mol. The molecule has 2 fully saturated rings. The van der Waals surface area contributed by atoms with Crippen molar-refractivity contribution >= 4 is 24.2 Å². The quantitative estimate of drug-likeness (QED) is 0.501. The summed E-state index contributed by atoms with van der Waals surface area (Å²) in [6.07, 6.45) is 10.4. The zero-order chi connectivity index (χ0) is 21.0. The molecule has 162 valence electrons. The molecular formula is C22H32N6O2. The number of nitrogens with zero attached hydrogens (tertiary/aromatic N) is 4. The summed E-state index contributed by atoms with van der Waals surface area (Å²) in [5.74, 6) is -0.172. The summed E-state index contributed by atoms with van der Waals surface area (Å²) in [6, 6.07) is 7.54. The van der Waals surface area contributed by atoms with Gasteiger partial charge in [-0.1, -0.05) is 37.1 Å². The van der Waals surface area contributed by atoms with Gasteiger partial charge in [-0.2, -0.15) is 10.2 Å². The van der Waals surface area contributed by atoms with Crippen molar-refractivity contribution in [1.82, 2.24) is 20.7 Å². The minimum Gasteiger partial charge on any atom is -0.294 e. The highest BCUT2D eigenvalue weighted by Crippen LogP contribution is 2.08. The van der Waals surface area contributed by atoms with Gasteiger partial charge in [0.15, 0.2) is 0 Å². The van der Waals surface area contributed by atoms with Gasteiger partial charge in [-0.15, -0.1) is 0 Å². The van der Waals surface area contributed by atoms with Crippen LogP contribution in [0.2, 0.25) is 0 Å². The van der Waals surface area contributed by atoms with Crippen LogP contribution in [0.1, 0.15) is 49.7 Å². The lowest BCUT2D eigenvalue weighted by molar-refractivity contribution is -0.123. The zero-order valence-corrected chi connectivity index (χ0v) is 17.6. The highest BCUT2D eigenvalue weighted by molar-refractivity contribution is 5.86. The van der Waals surface area contributed by atoms with Crippen molar-refractivity contribution in [1.29, 1.82) is 0 Å². The van der Waals surface area contributed by atoms with Gasteiger partial charge in [0.25, 0.3) is 11.8 Å². The van der Waals surface area contributed by atoms with Crippen molar-refractivity contribution in [3.8, 4) is 0 Å². The number of amides is 2. The minimum atomic E-state index is -0.0859. The molecule has 0 spiro atoms.